The number of anilines is 1. The molecule has 0 radical (unpaired) electrons. The van der Waals surface area contributed by atoms with Crippen LogP contribution in [-0.2, 0) is 0 Å². The minimum Gasteiger partial charge on any atom is -0.387 e. The van der Waals surface area contributed by atoms with Crippen molar-refractivity contribution in [2.75, 3.05) is 31.6 Å². The molecule has 1 aromatic carbocycles. The number of halogens is 1. The molecule has 1 atom stereocenters. The second-order valence-electron chi connectivity index (χ2n) is 6.30. The molecule has 128 valence electrons. The molecular formula is C18H23ClN4O. The molecular weight excluding hydrogens is 324 g/mol. The van der Waals surface area contributed by atoms with Crippen molar-refractivity contribution in [2.45, 2.75) is 25.0 Å². The third-order valence-corrected chi connectivity index (χ3v) is 4.92. The first kappa shape index (κ1) is 17.1. The lowest BCUT2D eigenvalue weighted by Crippen LogP contribution is -2.44. The van der Waals surface area contributed by atoms with Crippen LogP contribution in [0.5, 0.6) is 0 Å². The van der Waals surface area contributed by atoms with Crippen molar-refractivity contribution in [3.63, 3.8) is 0 Å². The van der Waals surface area contributed by atoms with E-state index in [1.54, 1.807) is 6.20 Å². The summed E-state index contributed by atoms with van der Waals surface area (Å²) in [6.07, 6.45) is 3.29. The number of aromatic nitrogens is 2. The van der Waals surface area contributed by atoms with Crippen LogP contribution in [0.25, 0.3) is 0 Å². The lowest BCUT2D eigenvalue weighted by atomic mass is 10.0. The third kappa shape index (κ3) is 4.23. The van der Waals surface area contributed by atoms with Crippen molar-refractivity contribution < 1.29 is 5.11 Å². The van der Waals surface area contributed by atoms with Crippen molar-refractivity contribution in [3.05, 3.63) is 53.2 Å². The Labute approximate surface area is 147 Å². The van der Waals surface area contributed by atoms with Gasteiger partial charge in [0.15, 0.2) is 5.82 Å². The Balaban J connectivity index is 1.52. The topological polar surface area (TPSA) is 52.5 Å². The van der Waals surface area contributed by atoms with Gasteiger partial charge in [-0.3, -0.25) is 0 Å². The molecule has 2 heterocycles. The van der Waals surface area contributed by atoms with E-state index in [0.29, 0.717) is 17.6 Å². The summed E-state index contributed by atoms with van der Waals surface area (Å²) in [5.74, 6) is 0.912. The molecule has 1 N–H and O–H groups in total. The largest absolute Gasteiger partial charge is 0.387 e. The fourth-order valence-electron chi connectivity index (χ4n) is 3.22. The summed E-state index contributed by atoms with van der Waals surface area (Å²) >= 11 is 6.00. The molecule has 3 rings (SSSR count). The third-order valence-electron chi connectivity index (χ3n) is 4.69. The minimum absolute atomic E-state index is 0.460. The van der Waals surface area contributed by atoms with Crippen molar-refractivity contribution in [1.82, 2.24) is 15.1 Å². The van der Waals surface area contributed by atoms with Gasteiger partial charge in [-0.15, -0.1) is 5.10 Å². The van der Waals surface area contributed by atoms with Gasteiger partial charge in [0, 0.05) is 43.9 Å². The summed E-state index contributed by atoms with van der Waals surface area (Å²) in [4.78, 5) is 4.52. The van der Waals surface area contributed by atoms with Crippen LogP contribution < -0.4 is 4.90 Å². The quantitative estimate of drug-likeness (QED) is 0.902. The number of likely N-dealkylation sites (tertiary alicyclic amines) is 1. The van der Waals surface area contributed by atoms with E-state index in [1.807, 2.05) is 36.4 Å². The number of hydrogen-bond donors (Lipinski definition) is 1. The Hall–Kier alpha value is -1.69. The number of aliphatic hydroxyl groups excluding tert-OH is 1. The smallest absolute Gasteiger partial charge is 0.151 e. The maximum absolute atomic E-state index is 10.4. The summed E-state index contributed by atoms with van der Waals surface area (Å²) < 4.78 is 0. The molecule has 1 saturated heterocycles. The second kappa shape index (κ2) is 7.92. The second-order valence-corrected chi connectivity index (χ2v) is 6.73. The van der Waals surface area contributed by atoms with E-state index in [1.165, 1.54) is 0 Å². The van der Waals surface area contributed by atoms with Gasteiger partial charge in [-0.05, 0) is 42.7 Å². The predicted octanol–water partition coefficient (Wildman–Crippen LogP) is 2.76. The zero-order chi connectivity index (χ0) is 16.9. The molecule has 2 aromatic rings. The van der Waals surface area contributed by atoms with Gasteiger partial charge in [0.05, 0.1) is 6.10 Å². The molecule has 0 bridgehead atoms. The van der Waals surface area contributed by atoms with E-state index in [4.69, 9.17) is 11.6 Å². The van der Waals surface area contributed by atoms with E-state index in [2.05, 4.69) is 27.0 Å². The molecule has 0 aliphatic carbocycles. The predicted molar refractivity (Wildman–Crippen MR) is 96.3 cm³/mol. The molecule has 1 aliphatic heterocycles. The van der Waals surface area contributed by atoms with Gasteiger partial charge >= 0.3 is 0 Å². The van der Waals surface area contributed by atoms with Gasteiger partial charge in [-0.2, -0.15) is 5.10 Å². The average molecular weight is 347 g/mol. The van der Waals surface area contributed by atoms with Crippen LogP contribution in [-0.4, -0.2) is 52.9 Å². The zero-order valence-electron chi connectivity index (χ0n) is 13.8. The van der Waals surface area contributed by atoms with E-state index in [0.717, 1.165) is 37.3 Å². The number of hydrogen-bond acceptors (Lipinski definition) is 5. The summed E-state index contributed by atoms with van der Waals surface area (Å²) in [7, 11) is 2.07. The fourth-order valence-corrected chi connectivity index (χ4v) is 3.42. The Morgan fingerprint density at radius 1 is 1.29 bits per heavy atom. The van der Waals surface area contributed by atoms with Gasteiger partial charge in [0.25, 0.3) is 0 Å². The minimum atomic E-state index is -0.502. The monoisotopic (exact) mass is 346 g/mol. The average Bonchev–Trinajstić information content (AvgIpc) is 2.62. The fraction of sp³-hybridized carbons (Fsp3) is 0.444. The molecule has 6 heteroatoms. The summed E-state index contributed by atoms with van der Waals surface area (Å²) in [5.41, 5.74) is 0.876. The van der Waals surface area contributed by atoms with Gasteiger partial charge in [-0.1, -0.05) is 23.7 Å². The van der Waals surface area contributed by atoms with Gasteiger partial charge in [-0.25, -0.2) is 0 Å². The Morgan fingerprint density at radius 2 is 2.08 bits per heavy atom. The molecule has 0 spiro atoms. The highest BCUT2D eigenvalue weighted by atomic mass is 35.5. The van der Waals surface area contributed by atoms with Crippen LogP contribution in [0.15, 0.2) is 42.6 Å². The summed E-state index contributed by atoms with van der Waals surface area (Å²) in [6.45, 7) is 2.57. The van der Waals surface area contributed by atoms with Crippen LogP contribution >= 0.6 is 11.6 Å². The lowest BCUT2D eigenvalue weighted by Gasteiger charge is -2.37. The molecule has 1 fully saturated rings. The first-order valence-electron chi connectivity index (χ1n) is 8.30. The van der Waals surface area contributed by atoms with Crippen molar-refractivity contribution in [1.29, 1.82) is 0 Å². The molecule has 1 aliphatic rings. The van der Waals surface area contributed by atoms with Crippen molar-refractivity contribution >= 4 is 17.4 Å². The molecule has 1 aromatic heterocycles. The molecule has 24 heavy (non-hydrogen) atoms. The van der Waals surface area contributed by atoms with Gasteiger partial charge < -0.3 is 14.9 Å². The van der Waals surface area contributed by atoms with E-state index in [-0.39, 0.29) is 0 Å². The van der Waals surface area contributed by atoms with Crippen molar-refractivity contribution in [2.24, 2.45) is 0 Å². The normalized spacial score (nSPS) is 17.6. The van der Waals surface area contributed by atoms with Crippen LogP contribution in [0.1, 0.15) is 24.5 Å². The first-order valence-corrected chi connectivity index (χ1v) is 8.67. The van der Waals surface area contributed by atoms with Crippen molar-refractivity contribution in [3.8, 4) is 0 Å². The Morgan fingerprint density at radius 3 is 2.75 bits per heavy atom. The number of aliphatic hydroxyl groups is 1. The summed E-state index contributed by atoms with van der Waals surface area (Å²) in [6, 6.07) is 11.8. The summed E-state index contributed by atoms with van der Waals surface area (Å²) in [5, 5.41) is 19.2. The number of piperidine rings is 1. The number of nitrogens with zero attached hydrogens (tertiary/aromatic N) is 4. The van der Waals surface area contributed by atoms with Crippen LogP contribution in [0.4, 0.5) is 5.82 Å². The van der Waals surface area contributed by atoms with Crippen LogP contribution in [0, 0.1) is 0 Å². The Bertz CT molecular complexity index is 646. The highest BCUT2D eigenvalue weighted by Crippen LogP contribution is 2.23. The maximum atomic E-state index is 10.4. The zero-order valence-corrected chi connectivity index (χ0v) is 14.6. The maximum Gasteiger partial charge on any atom is 0.151 e. The highest BCUT2D eigenvalue weighted by Gasteiger charge is 2.24. The molecule has 5 nitrogen and oxygen atoms in total. The lowest BCUT2D eigenvalue weighted by molar-refractivity contribution is 0.0972. The number of β-amino-alcohol motifs (C(OH)–C–C–N with tert-alkyl or cyclic N) is 1. The number of rotatable bonds is 5. The number of benzene rings is 1. The van der Waals surface area contributed by atoms with Crippen LogP contribution in [0.2, 0.25) is 5.02 Å². The Kier molecular flexibility index (Phi) is 5.66. The molecule has 1 unspecified atom stereocenters. The van der Waals surface area contributed by atoms with E-state index < -0.39 is 6.10 Å². The standard InChI is InChI=1S/C18H23ClN4O/c1-22(18-6-3-9-20-21-18)16-7-10-23(11-8-16)13-17(24)14-4-2-5-15(19)12-14/h2-6,9,12,16-17,24H,7-8,10-11,13H2,1H3. The first-order chi connectivity index (χ1) is 11.6. The van der Waals surface area contributed by atoms with Crippen LogP contribution in [0.3, 0.4) is 0 Å². The van der Waals surface area contributed by atoms with Gasteiger partial charge in [0.1, 0.15) is 0 Å². The highest BCUT2D eigenvalue weighted by molar-refractivity contribution is 6.30. The van der Waals surface area contributed by atoms with E-state index in [9.17, 15) is 5.11 Å². The van der Waals surface area contributed by atoms with Gasteiger partial charge in [0.2, 0.25) is 0 Å². The SMILES string of the molecule is CN(c1cccnn1)C1CCN(CC(O)c2cccc(Cl)c2)CC1. The molecule has 0 saturated carbocycles. The molecule has 0 amide bonds. The van der Waals surface area contributed by atoms with E-state index >= 15 is 0 Å².